The van der Waals surface area contributed by atoms with E-state index in [1.165, 1.54) is 0 Å². The lowest BCUT2D eigenvalue weighted by atomic mass is 9.94. The third-order valence-corrected chi connectivity index (χ3v) is 6.46. The number of likely N-dealkylation sites (N-methyl/N-ethyl adjacent to an activating group) is 1. The van der Waals surface area contributed by atoms with Gasteiger partial charge in [0.1, 0.15) is 5.75 Å². The summed E-state index contributed by atoms with van der Waals surface area (Å²) < 4.78 is 10.8. The number of amides is 2. The van der Waals surface area contributed by atoms with Crippen molar-refractivity contribution in [2.45, 2.75) is 32.6 Å². The number of nitrogens with zero attached hydrogens (tertiary/aromatic N) is 5. The molecule has 1 aromatic carbocycles. The van der Waals surface area contributed by atoms with E-state index >= 15 is 0 Å². The summed E-state index contributed by atoms with van der Waals surface area (Å²) in [5.74, 6) is 2.11. The smallest absolute Gasteiger partial charge is 0.227 e. The maximum absolute atomic E-state index is 12.8. The summed E-state index contributed by atoms with van der Waals surface area (Å²) in [5, 5.41) is 4.03. The summed E-state index contributed by atoms with van der Waals surface area (Å²) >= 11 is 0. The van der Waals surface area contributed by atoms with Crippen LogP contribution >= 0.6 is 0 Å². The highest BCUT2D eigenvalue weighted by Crippen LogP contribution is 2.22. The molecule has 2 saturated heterocycles. The van der Waals surface area contributed by atoms with Gasteiger partial charge in [-0.3, -0.25) is 9.59 Å². The number of likely N-dealkylation sites (tertiary alicyclic amines) is 1. The second-order valence-electron chi connectivity index (χ2n) is 8.75. The maximum atomic E-state index is 12.8. The molecule has 0 atom stereocenters. The second-order valence-corrected chi connectivity index (χ2v) is 8.75. The number of aryl methyl sites for hydroxylation is 1. The average molecular weight is 456 g/mol. The number of hydrogen-bond donors (Lipinski definition) is 0. The number of aromatic nitrogens is 2. The summed E-state index contributed by atoms with van der Waals surface area (Å²) in [7, 11) is 2.08. The molecule has 0 spiro atoms. The lowest BCUT2D eigenvalue weighted by Crippen LogP contribution is -2.51. The van der Waals surface area contributed by atoms with Crippen molar-refractivity contribution in [2.75, 3.05) is 52.9 Å². The molecule has 0 aliphatic carbocycles. The zero-order valence-electron chi connectivity index (χ0n) is 19.5. The molecule has 2 aromatic rings. The minimum atomic E-state index is 0.0325. The van der Waals surface area contributed by atoms with Gasteiger partial charge in [0.2, 0.25) is 23.5 Å². The van der Waals surface area contributed by atoms with Crippen LogP contribution in [0.1, 0.15) is 32.1 Å². The minimum Gasteiger partial charge on any atom is -0.494 e. The van der Waals surface area contributed by atoms with E-state index < -0.39 is 0 Å². The van der Waals surface area contributed by atoms with Crippen LogP contribution in [-0.2, 0) is 16.0 Å². The van der Waals surface area contributed by atoms with E-state index in [2.05, 4.69) is 22.1 Å². The number of carbonyl (C=O) groups is 2. The van der Waals surface area contributed by atoms with Gasteiger partial charge in [-0.1, -0.05) is 5.16 Å². The van der Waals surface area contributed by atoms with Gasteiger partial charge in [-0.15, -0.1) is 0 Å². The van der Waals surface area contributed by atoms with Crippen molar-refractivity contribution in [3.05, 3.63) is 30.2 Å². The fourth-order valence-corrected chi connectivity index (χ4v) is 4.37. The fraction of sp³-hybridized carbons (Fsp3) is 0.583. The number of rotatable bonds is 7. The van der Waals surface area contributed by atoms with Gasteiger partial charge in [-0.25, -0.2) is 0 Å². The summed E-state index contributed by atoms with van der Waals surface area (Å²) in [4.78, 5) is 36.0. The first-order valence-electron chi connectivity index (χ1n) is 11.8. The highest BCUT2D eigenvalue weighted by atomic mass is 16.5. The number of benzene rings is 1. The summed E-state index contributed by atoms with van der Waals surface area (Å²) in [5.41, 5.74) is 0.840. The van der Waals surface area contributed by atoms with Crippen LogP contribution in [0.2, 0.25) is 0 Å². The van der Waals surface area contributed by atoms with E-state index in [4.69, 9.17) is 9.26 Å². The average Bonchev–Trinajstić information content (AvgIpc) is 3.32. The van der Waals surface area contributed by atoms with E-state index in [-0.39, 0.29) is 17.7 Å². The Morgan fingerprint density at radius 2 is 1.73 bits per heavy atom. The van der Waals surface area contributed by atoms with E-state index in [9.17, 15) is 9.59 Å². The van der Waals surface area contributed by atoms with Crippen LogP contribution in [0.5, 0.6) is 5.75 Å². The summed E-state index contributed by atoms with van der Waals surface area (Å²) in [6.45, 7) is 7.28. The fourth-order valence-electron chi connectivity index (χ4n) is 4.37. The Hall–Kier alpha value is -2.94. The molecule has 0 bridgehead atoms. The third kappa shape index (κ3) is 5.90. The van der Waals surface area contributed by atoms with Gasteiger partial charge >= 0.3 is 0 Å². The first-order valence-corrected chi connectivity index (χ1v) is 11.8. The van der Waals surface area contributed by atoms with Crippen LogP contribution in [0, 0.1) is 5.92 Å². The zero-order chi connectivity index (χ0) is 23.2. The molecule has 2 amide bonds. The number of piperazine rings is 1. The quantitative estimate of drug-likeness (QED) is 0.631. The van der Waals surface area contributed by atoms with Gasteiger partial charge in [0.15, 0.2) is 0 Å². The van der Waals surface area contributed by atoms with Crippen LogP contribution in [-0.4, -0.2) is 89.6 Å². The van der Waals surface area contributed by atoms with Crippen LogP contribution in [0.25, 0.3) is 11.4 Å². The van der Waals surface area contributed by atoms with Gasteiger partial charge in [0, 0.05) is 63.6 Å². The maximum Gasteiger partial charge on any atom is 0.227 e. The number of hydrogen-bond acceptors (Lipinski definition) is 7. The Bertz CT molecular complexity index is 929. The van der Waals surface area contributed by atoms with Gasteiger partial charge in [0.05, 0.1) is 6.61 Å². The molecule has 2 aliphatic rings. The molecule has 2 aliphatic heterocycles. The number of carbonyl (C=O) groups excluding carboxylic acids is 2. The van der Waals surface area contributed by atoms with Crippen LogP contribution in [0.4, 0.5) is 0 Å². The van der Waals surface area contributed by atoms with Crippen LogP contribution < -0.4 is 4.74 Å². The predicted octanol–water partition coefficient (Wildman–Crippen LogP) is 2.08. The monoisotopic (exact) mass is 455 g/mol. The first-order chi connectivity index (χ1) is 16.0. The molecule has 1 aromatic heterocycles. The predicted molar refractivity (Wildman–Crippen MR) is 123 cm³/mol. The van der Waals surface area contributed by atoms with Crippen molar-refractivity contribution in [1.82, 2.24) is 24.8 Å². The largest absolute Gasteiger partial charge is 0.494 e. The van der Waals surface area contributed by atoms with Gasteiger partial charge < -0.3 is 24.0 Å². The van der Waals surface area contributed by atoms with Crippen molar-refractivity contribution >= 4 is 11.8 Å². The molecule has 4 rings (SSSR count). The molecular formula is C24H33N5O4. The Morgan fingerprint density at radius 3 is 2.39 bits per heavy atom. The highest BCUT2D eigenvalue weighted by molar-refractivity contribution is 5.80. The van der Waals surface area contributed by atoms with E-state index in [0.717, 1.165) is 50.3 Å². The van der Waals surface area contributed by atoms with Crippen molar-refractivity contribution in [3.8, 4) is 17.1 Å². The molecule has 0 unspecified atom stereocenters. The van der Waals surface area contributed by atoms with Crippen LogP contribution in [0.3, 0.4) is 0 Å². The van der Waals surface area contributed by atoms with Crippen LogP contribution in [0.15, 0.2) is 28.8 Å². The molecule has 0 N–H and O–H groups in total. The van der Waals surface area contributed by atoms with E-state index in [1.54, 1.807) is 0 Å². The first kappa shape index (κ1) is 23.2. The number of piperidine rings is 1. The molecule has 2 fully saturated rings. The van der Waals surface area contributed by atoms with Crippen molar-refractivity contribution < 1.29 is 18.8 Å². The molecule has 0 radical (unpaired) electrons. The van der Waals surface area contributed by atoms with Gasteiger partial charge in [-0.2, -0.15) is 4.98 Å². The number of ether oxygens (including phenoxy) is 1. The molecule has 0 saturated carbocycles. The highest BCUT2D eigenvalue weighted by Gasteiger charge is 2.31. The summed E-state index contributed by atoms with van der Waals surface area (Å²) in [6.07, 6.45) is 2.20. The second kappa shape index (κ2) is 10.8. The van der Waals surface area contributed by atoms with E-state index in [0.29, 0.717) is 44.3 Å². The Labute approximate surface area is 194 Å². The van der Waals surface area contributed by atoms with Crippen molar-refractivity contribution in [1.29, 1.82) is 0 Å². The molecule has 9 heteroatoms. The van der Waals surface area contributed by atoms with E-state index in [1.807, 2.05) is 41.0 Å². The minimum absolute atomic E-state index is 0.0325. The SMILES string of the molecule is CCOc1ccc(-c2noc(CCC(=O)N3CCC(C(=O)N4CCN(C)CC4)CC3)n2)cc1. The molecule has 178 valence electrons. The van der Waals surface area contributed by atoms with Gasteiger partial charge in [-0.05, 0) is 51.1 Å². The lowest BCUT2D eigenvalue weighted by molar-refractivity contribution is -0.141. The third-order valence-electron chi connectivity index (χ3n) is 6.46. The lowest BCUT2D eigenvalue weighted by Gasteiger charge is -2.37. The molecular weight excluding hydrogens is 422 g/mol. The zero-order valence-corrected chi connectivity index (χ0v) is 19.5. The molecule has 33 heavy (non-hydrogen) atoms. The Balaban J connectivity index is 1.22. The normalized spacial score (nSPS) is 17.9. The summed E-state index contributed by atoms with van der Waals surface area (Å²) in [6, 6.07) is 7.52. The molecule has 3 heterocycles. The van der Waals surface area contributed by atoms with Gasteiger partial charge in [0.25, 0.3) is 0 Å². The Morgan fingerprint density at radius 1 is 1.03 bits per heavy atom. The Kier molecular flexibility index (Phi) is 7.59. The van der Waals surface area contributed by atoms with Crippen molar-refractivity contribution in [2.24, 2.45) is 5.92 Å². The standard InChI is InChI=1S/C24H33N5O4/c1-3-32-20-6-4-18(5-7-20)23-25-21(33-26-23)8-9-22(30)28-12-10-19(11-13-28)24(31)29-16-14-27(2)15-17-29/h4-7,19H,3,8-17H2,1-2H3. The molecule has 9 nitrogen and oxygen atoms in total. The topological polar surface area (TPSA) is 92.0 Å². The van der Waals surface area contributed by atoms with Crippen molar-refractivity contribution in [3.63, 3.8) is 0 Å².